The lowest BCUT2D eigenvalue weighted by molar-refractivity contribution is -0.137. The Balaban J connectivity index is 1.89. The summed E-state index contributed by atoms with van der Waals surface area (Å²) in [5.74, 6) is -1.31. The lowest BCUT2D eigenvalue weighted by Crippen LogP contribution is -2.51. The molecule has 0 saturated heterocycles. The molecule has 1 N–H and O–H groups in total. The quantitative estimate of drug-likeness (QED) is 0.298. The summed E-state index contributed by atoms with van der Waals surface area (Å²) in [6, 6.07) is 10.5. The zero-order chi connectivity index (χ0) is 29.2. The van der Waals surface area contributed by atoms with E-state index in [1.165, 1.54) is 12.1 Å². The van der Waals surface area contributed by atoms with Crippen molar-refractivity contribution in [2.45, 2.75) is 43.5 Å². The zero-order valence-electron chi connectivity index (χ0n) is 21.2. The number of nitrogens with zero attached hydrogens (tertiary/aromatic N) is 2. The molecule has 0 aromatic heterocycles. The van der Waals surface area contributed by atoms with Crippen LogP contribution >= 0.6 is 0 Å². The highest BCUT2D eigenvalue weighted by atomic mass is 32.2. The fourth-order valence-electron chi connectivity index (χ4n) is 4.81. The van der Waals surface area contributed by atoms with E-state index in [1.807, 2.05) is 11.8 Å². The molecule has 0 unspecified atom stereocenters. The van der Waals surface area contributed by atoms with Crippen LogP contribution in [0, 0.1) is 5.82 Å². The van der Waals surface area contributed by atoms with Crippen LogP contribution in [-0.2, 0) is 16.2 Å². The van der Waals surface area contributed by atoms with E-state index < -0.39 is 50.9 Å². The molecule has 3 aromatic carbocycles. The standard InChI is InChI=1S/C27H26F6N2O4S/c1-2-4-21-16-35(40(37,38)23-6-3-5-19(14-23)27(31,32)33)25-13-17(7-8-24(25)34(21)9-10-36)18-11-20(28)15-22(12-18)39-26(29)30/h3,5-8,11-15,21,26,36H,2,4,9-10,16H2,1H3/t21-/m0/s1. The van der Waals surface area contributed by atoms with E-state index in [-0.39, 0.29) is 36.5 Å². The van der Waals surface area contributed by atoms with Gasteiger partial charge in [-0.15, -0.1) is 0 Å². The minimum atomic E-state index is -4.77. The third-order valence-corrected chi connectivity index (χ3v) is 8.29. The molecule has 216 valence electrons. The summed E-state index contributed by atoms with van der Waals surface area (Å²) in [4.78, 5) is 1.25. The Morgan fingerprint density at radius 1 is 1.02 bits per heavy atom. The van der Waals surface area contributed by atoms with Gasteiger partial charge in [-0.3, -0.25) is 4.31 Å². The second-order valence-corrected chi connectivity index (χ2v) is 11.0. The fourth-order valence-corrected chi connectivity index (χ4v) is 6.36. The molecule has 1 heterocycles. The largest absolute Gasteiger partial charge is 0.435 e. The summed E-state index contributed by atoms with van der Waals surface area (Å²) < 4.78 is 113. The number of ether oxygens (including phenoxy) is 1. The van der Waals surface area contributed by atoms with Gasteiger partial charge in [0.25, 0.3) is 10.0 Å². The summed E-state index contributed by atoms with van der Waals surface area (Å²) in [7, 11) is -4.53. The maximum absolute atomic E-state index is 14.3. The van der Waals surface area contributed by atoms with Crippen molar-refractivity contribution in [2.24, 2.45) is 0 Å². The molecule has 0 aliphatic carbocycles. The molecule has 0 bridgehead atoms. The number of β-amino-alcohol motifs (C(OH)–C–C–N with tert-alkyl or cyclic N) is 1. The highest BCUT2D eigenvalue weighted by molar-refractivity contribution is 7.92. The Labute approximate surface area is 227 Å². The highest BCUT2D eigenvalue weighted by Gasteiger charge is 2.38. The van der Waals surface area contributed by atoms with Crippen molar-refractivity contribution in [3.63, 3.8) is 0 Å². The number of sulfonamides is 1. The van der Waals surface area contributed by atoms with Gasteiger partial charge in [0, 0.05) is 18.7 Å². The number of hydrogen-bond acceptors (Lipinski definition) is 5. The maximum Gasteiger partial charge on any atom is 0.416 e. The monoisotopic (exact) mass is 588 g/mol. The molecular formula is C27H26F6N2O4S. The minimum absolute atomic E-state index is 0.0799. The number of benzene rings is 3. The van der Waals surface area contributed by atoms with E-state index in [0.717, 1.165) is 40.7 Å². The van der Waals surface area contributed by atoms with Gasteiger partial charge in [0.1, 0.15) is 11.6 Å². The van der Waals surface area contributed by atoms with Gasteiger partial charge in [-0.2, -0.15) is 22.0 Å². The average Bonchev–Trinajstić information content (AvgIpc) is 2.88. The van der Waals surface area contributed by atoms with E-state index in [2.05, 4.69) is 4.74 Å². The highest BCUT2D eigenvalue weighted by Crippen LogP contribution is 2.43. The molecule has 1 aliphatic rings. The Hall–Kier alpha value is -3.45. The number of hydrogen-bond donors (Lipinski definition) is 1. The van der Waals surface area contributed by atoms with Gasteiger partial charge in [0.05, 0.1) is 35.0 Å². The van der Waals surface area contributed by atoms with Crippen LogP contribution in [0.1, 0.15) is 25.3 Å². The molecular weight excluding hydrogens is 562 g/mol. The number of aliphatic hydroxyl groups excluding tert-OH is 1. The minimum Gasteiger partial charge on any atom is -0.435 e. The smallest absolute Gasteiger partial charge is 0.416 e. The van der Waals surface area contributed by atoms with Crippen LogP contribution in [0.3, 0.4) is 0 Å². The number of halogens is 6. The number of aliphatic hydroxyl groups is 1. The van der Waals surface area contributed by atoms with E-state index >= 15 is 0 Å². The molecule has 13 heteroatoms. The maximum atomic E-state index is 14.3. The molecule has 0 amide bonds. The van der Waals surface area contributed by atoms with Crippen LogP contribution in [0.15, 0.2) is 65.6 Å². The van der Waals surface area contributed by atoms with E-state index in [1.54, 1.807) is 6.07 Å². The van der Waals surface area contributed by atoms with Crippen molar-refractivity contribution < 1.29 is 44.6 Å². The van der Waals surface area contributed by atoms with Crippen LogP contribution in [0.2, 0.25) is 0 Å². The second kappa shape index (κ2) is 11.6. The first-order valence-corrected chi connectivity index (χ1v) is 13.8. The third kappa shape index (κ3) is 6.15. The van der Waals surface area contributed by atoms with E-state index in [0.29, 0.717) is 24.6 Å². The van der Waals surface area contributed by atoms with Crippen LogP contribution in [0.25, 0.3) is 11.1 Å². The average molecular weight is 589 g/mol. The Morgan fingerprint density at radius 2 is 1.77 bits per heavy atom. The topological polar surface area (TPSA) is 70.1 Å². The van der Waals surface area contributed by atoms with Gasteiger partial charge in [0.2, 0.25) is 0 Å². The lowest BCUT2D eigenvalue weighted by Gasteiger charge is -2.44. The zero-order valence-corrected chi connectivity index (χ0v) is 22.0. The molecule has 0 radical (unpaired) electrons. The van der Waals surface area contributed by atoms with Crippen molar-refractivity contribution >= 4 is 21.4 Å². The number of alkyl halides is 5. The van der Waals surface area contributed by atoms with Crippen LogP contribution in [-0.4, -0.2) is 45.9 Å². The third-order valence-electron chi connectivity index (χ3n) is 6.51. The Kier molecular flexibility index (Phi) is 8.55. The van der Waals surface area contributed by atoms with Crippen molar-refractivity contribution in [1.82, 2.24) is 0 Å². The first kappa shape index (κ1) is 29.5. The summed E-state index contributed by atoms with van der Waals surface area (Å²) in [5, 5.41) is 9.71. The van der Waals surface area contributed by atoms with Crippen LogP contribution in [0.5, 0.6) is 5.75 Å². The first-order valence-electron chi connectivity index (χ1n) is 12.3. The molecule has 6 nitrogen and oxygen atoms in total. The normalized spacial score (nSPS) is 15.9. The fraction of sp³-hybridized carbons (Fsp3) is 0.333. The van der Waals surface area contributed by atoms with Gasteiger partial charge in [-0.05, 0) is 60.0 Å². The van der Waals surface area contributed by atoms with Gasteiger partial charge >= 0.3 is 12.8 Å². The first-order chi connectivity index (χ1) is 18.8. The Morgan fingerprint density at radius 3 is 2.42 bits per heavy atom. The molecule has 0 fully saturated rings. The predicted molar refractivity (Wildman–Crippen MR) is 138 cm³/mol. The molecule has 3 aromatic rings. The van der Waals surface area contributed by atoms with E-state index in [9.17, 15) is 39.9 Å². The van der Waals surface area contributed by atoms with Gasteiger partial charge in [0.15, 0.2) is 0 Å². The van der Waals surface area contributed by atoms with Gasteiger partial charge in [-0.25, -0.2) is 12.8 Å². The molecule has 0 spiro atoms. The number of anilines is 2. The van der Waals surface area contributed by atoms with Gasteiger partial charge < -0.3 is 14.7 Å². The molecule has 4 rings (SSSR count). The van der Waals surface area contributed by atoms with Crippen molar-refractivity contribution in [2.75, 3.05) is 28.9 Å². The summed E-state index contributed by atoms with van der Waals surface area (Å²) in [5.41, 5.74) is -0.300. The number of fused-ring (bicyclic) bond motifs is 1. The lowest BCUT2D eigenvalue weighted by atomic mass is 9.99. The number of rotatable bonds is 9. The molecule has 40 heavy (non-hydrogen) atoms. The second-order valence-electron chi connectivity index (χ2n) is 9.18. The van der Waals surface area contributed by atoms with Crippen LogP contribution < -0.4 is 13.9 Å². The Bertz CT molecular complexity index is 1470. The van der Waals surface area contributed by atoms with Gasteiger partial charge in [-0.1, -0.05) is 25.5 Å². The SMILES string of the molecule is CCC[C@H]1CN(S(=O)(=O)c2cccc(C(F)(F)F)c2)c2cc(-c3cc(F)cc(OC(F)F)c3)ccc2N1CCO. The molecule has 1 atom stereocenters. The van der Waals surface area contributed by atoms with Crippen molar-refractivity contribution in [3.05, 3.63) is 72.0 Å². The molecule has 0 saturated carbocycles. The van der Waals surface area contributed by atoms with E-state index in [4.69, 9.17) is 0 Å². The van der Waals surface area contributed by atoms with Crippen molar-refractivity contribution in [3.8, 4) is 16.9 Å². The molecule has 1 aliphatic heterocycles. The van der Waals surface area contributed by atoms with Crippen LogP contribution in [0.4, 0.5) is 37.7 Å². The summed E-state index contributed by atoms with van der Waals surface area (Å²) in [6.07, 6.45) is -3.59. The van der Waals surface area contributed by atoms with Crippen molar-refractivity contribution in [1.29, 1.82) is 0 Å². The summed E-state index contributed by atoms with van der Waals surface area (Å²) >= 11 is 0. The summed E-state index contributed by atoms with van der Waals surface area (Å²) in [6.45, 7) is -1.54. The predicted octanol–water partition coefficient (Wildman–Crippen LogP) is 6.29.